The van der Waals surface area contributed by atoms with E-state index in [4.69, 9.17) is 9.15 Å². The van der Waals surface area contributed by atoms with Crippen LogP contribution in [0, 0.1) is 0 Å². The zero-order valence-corrected chi connectivity index (χ0v) is 11.2. The summed E-state index contributed by atoms with van der Waals surface area (Å²) in [4.78, 5) is 0. The van der Waals surface area contributed by atoms with Crippen LogP contribution in [-0.2, 0) is 6.54 Å². The van der Waals surface area contributed by atoms with E-state index in [0.717, 1.165) is 11.3 Å². The second-order valence-electron chi connectivity index (χ2n) is 4.31. The van der Waals surface area contributed by atoms with Crippen LogP contribution in [-0.4, -0.2) is 11.7 Å². The van der Waals surface area contributed by atoms with E-state index in [2.05, 4.69) is 5.32 Å². The summed E-state index contributed by atoms with van der Waals surface area (Å²) >= 11 is 0. The average Bonchev–Trinajstić information content (AvgIpc) is 2.94. The first-order valence-corrected chi connectivity index (χ1v) is 6.42. The van der Waals surface area contributed by atoms with Gasteiger partial charge in [0.2, 0.25) is 0 Å². The number of phenols is 1. The largest absolute Gasteiger partial charge is 0.504 e. The van der Waals surface area contributed by atoms with Gasteiger partial charge >= 0.3 is 0 Å². The van der Waals surface area contributed by atoms with E-state index < -0.39 is 0 Å². The van der Waals surface area contributed by atoms with Crippen LogP contribution in [0.15, 0.2) is 41.0 Å². The zero-order chi connectivity index (χ0) is 13.7. The number of phenolic OH excluding ortho intramolecular Hbond substituents is 1. The summed E-state index contributed by atoms with van der Waals surface area (Å²) in [6.07, 6.45) is 1.65. The average molecular weight is 261 g/mol. The molecule has 0 aliphatic carbocycles. The van der Waals surface area contributed by atoms with Gasteiger partial charge in [0.15, 0.2) is 11.5 Å². The number of ether oxygens (including phenoxy) is 1. The van der Waals surface area contributed by atoms with Crippen molar-refractivity contribution in [3.63, 3.8) is 0 Å². The summed E-state index contributed by atoms with van der Waals surface area (Å²) in [7, 11) is 0. The van der Waals surface area contributed by atoms with Gasteiger partial charge in [-0.15, -0.1) is 0 Å². The summed E-state index contributed by atoms with van der Waals surface area (Å²) in [6, 6.07) is 9.39. The van der Waals surface area contributed by atoms with Gasteiger partial charge < -0.3 is 19.6 Å². The molecule has 0 spiro atoms. The molecule has 0 unspecified atom stereocenters. The molecule has 4 nitrogen and oxygen atoms in total. The lowest BCUT2D eigenvalue weighted by molar-refractivity contribution is 0.316. The van der Waals surface area contributed by atoms with Crippen molar-refractivity contribution in [2.24, 2.45) is 0 Å². The molecule has 102 valence electrons. The molecule has 0 saturated heterocycles. The number of rotatable bonds is 6. The Kier molecular flexibility index (Phi) is 4.47. The number of aromatic hydroxyl groups is 1. The van der Waals surface area contributed by atoms with Crippen molar-refractivity contribution in [2.75, 3.05) is 6.61 Å². The van der Waals surface area contributed by atoms with Crippen LogP contribution in [0.3, 0.4) is 0 Å². The minimum absolute atomic E-state index is 0.0881. The standard InChI is InChI=1S/C15H19NO3/c1-3-18-14-7-4-6-12(15(14)17)10-16-11(2)13-8-5-9-19-13/h4-9,11,16-17H,3,10H2,1-2H3/t11-/m0/s1. The lowest BCUT2D eigenvalue weighted by atomic mass is 10.1. The number of hydrogen-bond donors (Lipinski definition) is 2. The molecule has 2 aromatic rings. The van der Waals surface area contributed by atoms with Crippen molar-refractivity contribution in [3.05, 3.63) is 47.9 Å². The second kappa shape index (κ2) is 6.29. The number of para-hydroxylation sites is 1. The third-order valence-corrected chi connectivity index (χ3v) is 2.95. The molecule has 1 aromatic heterocycles. The van der Waals surface area contributed by atoms with Crippen LogP contribution in [0.25, 0.3) is 0 Å². The predicted octanol–water partition coefficient (Wildman–Crippen LogP) is 3.23. The first kappa shape index (κ1) is 13.5. The number of nitrogens with one attached hydrogen (secondary N) is 1. The van der Waals surface area contributed by atoms with Crippen molar-refractivity contribution in [1.82, 2.24) is 5.32 Å². The molecule has 1 atom stereocenters. The fraction of sp³-hybridized carbons (Fsp3) is 0.333. The van der Waals surface area contributed by atoms with Gasteiger partial charge in [0.25, 0.3) is 0 Å². The molecule has 4 heteroatoms. The molecule has 0 aliphatic heterocycles. The Bertz CT molecular complexity index is 508. The summed E-state index contributed by atoms with van der Waals surface area (Å²) < 4.78 is 10.7. The highest BCUT2D eigenvalue weighted by Crippen LogP contribution is 2.30. The molecule has 0 amide bonds. The van der Waals surface area contributed by atoms with Gasteiger partial charge in [0.1, 0.15) is 5.76 Å². The molecule has 0 saturated carbocycles. The minimum atomic E-state index is 0.0881. The maximum atomic E-state index is 10.1. The number of benzene rings is 1. The van der Waals surface area contributed by atoms with Crippen LogP contribution in [0.4, 0.5) is 0 Å². The van der Waals surface area contributed by atoms with Crippen molar-refractivity contribution >= 4 is 0 Å². The molecule has 2 rings (SSSR count). The molecule has 19 heavy (non-hydrogen) atoms. The third kappa shape index (κ3) is 3.29. The van der Waals surface area contributed by atoms with E-state index in [1.54, 1.807) is 12.3 Å². The van der Waals surface area contributed by atoms with Crippen LogP contribution >= 0.6 is 0 Å². The normalized spacial score (nSPS) is 12.3. The highest BCUT2D eigenvalue weighted by Gasteiger charge is 2.11. The van der Waals surface area contributed by atoms with Crippen LogP contribution in [0.1, 0.15) is 31.2 Å². The monoisotopic (exact) mass is 261 g/mol. The van der Waals surface area contributed by atoms with E-state index in [1.807, 2.05) is 38.1 Å². The predicted molar refractivity (Wildman–Crippen MR) is 73.2 cm³/mol. The van der Waals surface area contributed by atoms with E-state index in [-0.39, 0.29) is 11.8 Å². The van der Waals surface area contributed by atoms with Crippen molar-refractivity contribution in [2.45, 2.75) is 26.4 Å². The molecule has 0 aliphatic rings. The topological polar surface area (TPSA) is 54.6 Å². The summed E-state index contributed by atoms with van der Waals surface area (Å²) in [6.45, 7) is 4.99. The highest BCUT2D eigenvalue weighted by molar-refractivity contribution is 5.45. The van der Waals surface area contributed by atoms with Gasteiger partial charge in [-0.2, -0.15) is 0 Å². The Labute approximate surface area is 113 Å². The molecule has 0 bridgehead atoms. The molecular weight excluding hydrogens is 242 g/mol. The minimum Gasteiger partial charge on any atom is -0.504 e. The maximum Gasteiger partial charge on any atom is 0.162 e. The van der Waals surface area contributed by atoms with Crippen molar-refractivity contribution in [3.8, 4) is 11.5 Å². The molecule has 2 N–H and O–H groups in total. The summed E-state index contributed by atoms with van der Waals surface area (Å²) in [5.41, 5.74) is 0.810. The number of hydrogen-bond acceptors (Lipinski definition) is 4. The molecule has 0 fully saturated rings. The fourth-order valence-electron chi connectivity index (χ4n) is 1.88. The van der Waals surface area contributed by atoms with Crippen molar-refractivity contribution in [1.29, 1.82) is 0 Å². The van der Waals surface area contributed by atoms with Gasteiger partial charge in [-0.25, -0.2) is 0 Å². The first-order chi connectivity index (χ1) is 9.22. The van der Waals surface area contributed by atoms with Gasteiger partial charge in [-0.3, -0.25) is 0 Å². The van der Waals surface area contributed by atoms with E-state index in [9.17, 15) is 5.11 Å². The number of furan rings is 1. The van der Waals surface area contributed by atoms with Crippen LogP contribution in [0.2, 0.25) is 0 Å². The SMILES string of the molecule is CCOc1cccc(CN[C@@H](C)c2ccco2)c1O. The first-order valence-electron chi connectivity index (χ1n) is 6.42. The lowest BCUT2D eigenvalue weighted by Gasteiger charge is -2.14. The smallest absolute Gasteiger partial charge is 0.162 e. The molecule has 1 aromatic carbocycles. The molecular formula is C15H19NO3. The second-order valence-corrected chi connectivity index (χ2v) is 4.31. The van der Waals surface area contributed by atoms with Crippen LogP contribution in [0.5, 0.6) is 11.5 Å². The van der Waals surface area contributed by atoms with Crippen molar-refractivity contribution < 1.29 is 14.3 Å². The lowest BCUT2D eigenvalue weighted by Crippen LogP contribution is -2.17. The molecule has 1 heterocycles. The Morgan fingerprint density at radius 2 is 2.16 bits per heavy atom. The zero-order valence-electron chi connectivity index (χ0n) is 11.2. The van der Waals surface area contributed by atoms with E-state index >= 15 is 0 Å². The third-order valence-electron chi connectivity index (χ3n) is 2.95. The fourth-order valence-corrected chi connectivity index (χ4v) is 1.88. The Hall–Kier alpha value is -1.94. The highest BCUT2D eigenvalue weighted by atomic mass is 16.5. The Morgan fingerprint density at radius 3 is 2.84 bits per heavy atom. The van der Waals surface area contributed by atoms with Gasteiger partial charge in [-0.1, -0.05) is 12.1 Å². The van der Waals surface area contributed by atoms with E-state index in [1.165, 1.54) is 0 Å². The summed E-state index contributed by atoms with van der Waals surface area (Å²) in [5.74, 6) is 1.59. The van der Waals surface area contributed by atoms with Gasteiger partial charge in [-0.05, 0) is 32.0 Å². The van der Waals surface area contributed by atoms with Gasteiger partial charge in [0, 0.05) is 12.1 Å². The quantitative estimate of drug-likeness (QED) is 0.838. The Balaban J connectivity index is 2.01. The maximum absolute atomic E-state index is 10.1. The molecule has 0 radical (unpaired) electrons. The van der Waals surface area contributed by atoms with E-state index in [0.29, 0.717) is 18.9 Å². The summed E-state index contributed by atoms with van der Waals surface area (Å²) in [5, 5.41) is 13.4. The van der Waals surface area contributed by atoms with Gasteiger partial charge in [0.05, 0.1) is 18.9 Å². The van der Waals surface area contributed by atoms with Crippen LogP contribution < -0.4 is 10.1 Å². The Morgan fingerprint density at radius 1 is 1.32 bits per heavy atom.